The molecule has 0 N–H and O–H groups in total. The normalized spacial score (nSPS) is 11.6. The largest absolute Gasteiger partial charge is 0.454 e. The van der Waals surface area contributed by atoms with E-state index in [2.05, 4.69) is 173 Å². The molecule has 0 aliphatic rings. The summed E-state index contributed by atoms with van der Waals surface area (Å²) in [5.74, 6) is 0. The summed E-state index contributed by atoms with van der Waals surface area (Å²) in [4.78, 5) is 2.32. The monoisotopic (exact) mass is 576 g/mol. The Kier molecular flexibility index (Phi) is 5.82. The van der Waals surface area contributed by atoms with Crippen LogP contribution in [0.25, 0.3) is 60.6 Å². The average Bonchev–Trinajstić information content (AvgIpc) is 3.66. The molecule has 0 aliphatic heterocycles. The fourth-order valence-electron chi connectivity index (χ4n) is 6.73. The number of aromatic nitrogens is 1. The topological polar surface area (TPSA) is 21.3 Å². The van der Waals surface area contributed by atoms with Crippen LogP contribution < -0.4 is 4.90 Å². The van der Waals surface area contributed by atoms with E-state index in [1.165, 1.54) is 32.9 Å². The Bertz CT molecular complexity index is 2420. The molecule has 0 spiro atoms. The lowest BCUT2D eigenvalue weighted by molar-refractivity contribution is 0.669. The summed E-state index contributed by atoms with van der Waals surface area (Å²) in [6.07, 6.45) is 0. The van der Waals surface area contributed by atoms with Crippen LogP contribution in [0.15, 0.2) is 174 Å². The van der Waals surface area contributed by atoms with Crippen LogP contribution >= 0.6 is 0 Å². The first-order chi connectivity index (χ1) is 22.3. The van der Waals surface area contributed by atoms with E-state index in [4.69, 9.17) is 4.42 Å². The first-order valence-corrected chi connectivity index (χ1v) is 15.3. The number of benzene rings is 7. The van der Waals surface area contributed by atoms with E-state index in [0.717, 1.165) is 44.7 Å². The van der Waals surface area contributed by atoms with Crippen LogP contribution in [0.2, 0.25) is 0 Å². The molecule has 9 rings (SSSR count). The lowest BCUT2D eigenvalue weighted by Gasteiger charge is -2.26. The zero-order chi connectivity index (χ0) is 29.7. The van der Waals surface area contributed by atoms with Gasteiger partial charge in [0.2, 0.25) is 0 Å². The second-order valence-electron chi connectivity index (χ2n) is 11.4. The van der Waals surface area contributed by atoms with Crippen molar-refractivity contribution in [2.24, 2.45) is 0 Å². The standard InChI is InChI=1S/C42H28N2O/c1-3-13-29(14-4-1)30-23-25-32(26-24-30)43(31-15-5-2-6-16-31)40-28-33(27-37-36-19-9-12-22-41(36)45-42(37)40)44-38-20-10-7-17-34(38)35-18-8-11-21-39(35)44/h1-28H. The molecule has 2 heterocycles. The number of anilines is 3. The quantitative estimate of drug-likeness (QED) is 0.203. The summed E-state index contributed by atoms with van der Waals surface area (Å²) >= 11 is 0. The average molecular weight is 577 g/mol. The molecule has 3 nitrogen and oxygen atoms in total. The predicted molar refractivity (Wildman–Crippen MR) is 188 cm³/mol. The lowest BCUT2D eigenvalue weighted by atomic mass is 10.0. The van der Waals surface area contributed by atoms with Gasteiger partial charge in [-0.15, -0.1) is 0 Å². The minimum Gasteiger partial charge on any atom is -0.454 e. The molecule has 0 radical (unpaired) electrons. The zero-order valence-electron chi connectivity index (χ0n) is 24.5. The van der Waals surface area contributed by atoms with Crippen LogP contribution in [0.3, 0.4) is 0 Å². The molecule has 9 aromatic rings. The minimum atomic E-state index is 0.858. The highest BCUT2D eigenvalue weighted by molar-refractivity contribution is 6.13. The Morgan fingerprint density at radius 3 is 1.64 bits per heavy atom. The molecular formula is C42H28N2O. The summed E-state index contributed by atoms with van der Waals surface area (Å²) in [7, 11) is 0. The number of hydrogen-bond donors (Lipinski definition) is 0. The van der Waals surface area contributed by atoms with Gasteiger partial charge in [-0.2, -0.15) is 0 Å². The van der Waals surface area contributed by atoms with E-state index >= 15 is 0 Å². The Labute approximate surface area is 260 Å². The maximum atomic E-state index is 6.70. The van der Waals surface area contributed by atoms with Gasteiger partial charge in [-0.1, -0.05) is 115 Å². The summed E-state index contributed by atoms with van der Waals surface area (Å²) in [5.41, 5.74) is 10.7. The highest BCUT2D eigenvalue weighted by Crippen LogP contribution is 2.45. The number of fused-ring (bicyclic) bond motifs is 6. The molecule has 0 unspecified atom stereocenters. The van der Waals surface area contributed by atoms with E-state index in [1.54, 1.807) is 0 Å². The molecule has 0 aliphatic carbocycles. The van der Waals surface area contributed by atoms with Gasteiger partial charge in [-0.3, -0.25) is 0 Å². The van der Waals surface area contributed by atoms with Crippen molar-refractivity contribution < 1.29 is 4.42 Å². The number of para-hydroxylation sites is 4. The number of rotatable bonds is 5. The molecule has 212 valence electrons. The van der Waals surface area contributed by atoms with Crippen molar-refractivity contribution in [3.8, 4) is 16.8 Å². The summed E-state index contributed by atoms with van der Waals surface area (Å²) < 4.78 is 9.08. The lowest BCUT2D eigenvalue weighted by Crippen LogP contribution is -2.11. The molecule has 0 bridgehead atoms. The number of nitrogens with zero attached hydrogens (tertiary/aromatic N) is 2. The van der Waals surface area contributed by atoms with E-state index < -0.39 is 0 Å². The van der Waals surface area contributed by atoms with Crippen LogP contribution in [0, 0.1) is 0 Å². The fraction of sp³-hybridized carbons (Fsp3) is 0. The highest BCUT2D eigenvalue weighted by atomic mass is 16.3. The van der Waals surface area contributed by atoms with Gasteiger partial charge < -0.3 is 13.9 Å². The van der Waals surface area contributed by atoms with Crippen molar-refractivity contribution in [1.29, 1.82) is 0 Å². The number of hydrogen-bond acceptors (Lipinski definition) is 2. The molecule has 3 heteroatoms. The summed E-state index contributed by atoms with van der Waals surface area (Å²) in [6.45, 7) is 0. The van der Waals surface area contributed by atoms with Gasteiger partial charge in [0, 0.05) is 38.6 Å². The third-order valence-corrected chi connectivity index (χ3v) is 8.77. The molecule has 45 heavy (non-hydrogen) atoms. The Morgan fingerprint density at radius 2 is 0.956 bits per heavy atom. The Hall–Kier alpha value is -6.06. The van der Waals surface area contributed by atoms with E-state index in [0.29, 0.717) is 0 Å². The van der Waals surface area contributed by atoms with Crippen LogP contribution in [-0.2, 0) is 0 Å². The highest BCUT2D eigenvalue weighted by Gasteiger charge is 2.22. The molecule has 7 aromatic carbocycles. The van der Waals surface area contributed by atoms with Gasteiger partial charge in [0.15, 0.2) is 5.58 Å². The maximum Gasteiger partial charge on any atom is 0.159 e. The zero-order valence-corrected chi connectivity index (χ0v) is 24.5. The Balaban J connectivity index is 1.35. The molecule has 0 amide bonds. The third kappa shape index (κ3) is 4.13. The van der Waals surface area contributed by atoms with Crippen molar-refractivity contribution in [1.82, 2.24) is 4.57 Å². The molecule has 2 aromatic heterocycles. The van der Waals surface area contributed by atoms with Crippen molar-refractivity contribution >= 4 is 60.8 Å². The fourth-order valence-corrected chi connectivity index (χ4v) is 6.73. The molecule has 0 saturated heterocycles. The minimum absolute atomic E-state index is 0.858. The van der Waals surface area contributed by atoms with Gasteiger partial charge >= 0.3 is 0 Å². The van der Waals surface area contributed by atoms with Crippen LogP contribution in [0.4, 0.5) is 17.1 Å². The first kappa shape index (κ1) is 25.4. The van der Waals surface area contributed by atoms with E-state index in [9.17, 15) is 0 Å². The van der Waals surface area contributed by atoms with Gasteiger partial charge in [-0.25, -0.2) is 0 Å². The number of furan rings is 1. The van der Waals surface area contributed by atoms with Crippen LogP contribution in [0.5, 0.6) is 0 Å². The second-order valence-corrected chi connectivity index (χ2v) is 11.4. The van der Waals surface area contributed by atoms with Crippen LogP contribution in [-0.4, -0.2) is 4.57 Å². The summed E-state index contributed by atoms with van der Waals surface area (Å²) in [5, 5.41) is 4.66. The molecule has 0 fully saturated rings. The first-order valence-electron chi connectivity index (χ1n) is 15.3. The van der Waals surface area contributed by atoms with Crippen LogP contribution in [0.1, 0.15) is 0 Å². The maximum absolute atomic E-state index is 6.70. The Morgan fingerprint density at radius 1 is 0.422 bits per heavy atom. The smallest absolute Gasteiger partial charge is 0.159 e. The van der Waals surface area contributed by atoms with Gasteiger partial charge in [-0.05, 0) is 65.7 Å². The SMILES string of the molecule is c1ccc(-c2ccc(N(c3ccccc3)c3cc(-n4c5ccccc5c5ccccc54)cc4c3oc3ccccc34)cc2)cc1. The van der Waals surface area contributed by atoms with Gasteiger partial charge in [0.05, 0.1) is 16.7 Å². The van der Waals surface area contributed by atoms with E-state index in [1.807, 2.05) is 6.07 Å². The summed E-state index contributed by atoms with van der Waals surface area (Å²) in [6, 6.07) is 60.1. The molecule has 0 atom stereocenters. The second kappa shape index (κ2) is 10.3. The van der Waals surface area contributed by atoms with E-state index in [-0.39, 0.29) is 0 Å². The third-order valence-electron chi connectivity index (χ3n) is 8.77. The molecule has 0 saturated carbocycles. The molecular weight excluding hydrogens is 548 g/mol. The van der Waals surface area contributed by atoms with Crippen molar-refractivity contribution in [3.05, 3.63) is 170 Å². The van der Waals surface area contributed by atoms with Crippen molar-refractivity contribution in [2.75, 3.05) is 4.90 Å². The predicted octanol–water partition coefficient (Wildman–Crippen LogP) is 11.8. The van der Waals surface area contributed by atoms with Gasteiger partial charge in [0.1, 0.15) is 5.58 Å². The van der Waals surface area contributed by atoms with Crippen molar-refractivity contribution in [2.45, 2.75) is 0 Å². The van der Waals surface area contributed by atoms with Crippen molar-refractivity contribution in [3.63, 3.8) is 0 Å². The van der Waals surface area contributed by atoms with Gasteiger partial charge in [0.25, 0.3) is 0 Å².